The third-order valence-electron chi connectivity index (χ3n) is 3.84. The Balaban J connectivity index is 1.99. The Morgan fingerprint density at radius 3 is 2.81 bits per heavy atom. The zero-order valence-electron chi connectivity index (χ0n) is 12.8. The van der Waals surface area contributed by atoms with E-state index in [2.05, 4.69) is 10.3 Å². The second-order valence-electron chi connectivity index (χ2n) is 5.84. The summed E-state index contributed by atoms with van der Waals surface area (Å²) >= 11 is 0. The fraction of sp³-hybridized carbons (Fsp3) is 0.667. The van der Waals surface area contributed by atoms with E-state index in [9.17, 15) is 8.42 Å². The van der Waals surface area contributed by atoms with E-state index in [1.54, 1.807) is 10.5 Å². The van der Waals surface area contributed by atoms with Gasteiger partial charge in [-0.1, -0.05) is 6.07 Å². The fourth-order valence-electron chi connectivity index (χ4n) is 2.67. The predicted molar refractivity (Wildman–Crippen MR) is 84.6 cm³/mol. The molecule has 1 atom stereocenters. The number of nitrogens with one attached hydrogen (secondary N) is 1. The Morgan fingerprint density at radius 2 is 2.24 bits per heavy atom. The molecule has 0 spiro atoms. The summed E-state index contributed by atoms with van der Waals surface area (Å²) in [5.74, 6) is 0.120. The average Bonchev–Trinajstić information content (AvgIpc) is 2.96. The SMILES string of the molecule is CC(C)N(CC1CCCN1)S(=O)(=O)CCc1ccccn1. The van der Waals surface area contributed by atoms with Gasteiger partial charge in [-0.25, -0.2) is 8.42 Å². The van der Waals surface area contributed by atoms with E-state index < -0.39 is 10.0 Å². The molecule has 0 aromatic carbocycles. The quantitative estimate of drug-likeness (QED) is 0.827. The molecule has 1 fully saturated rings. The summed E-state index contributed by atoms with van der Waals surface area (Å²) < 4.78 is 26.8. The van der Waals surface area contributed by atoms with E-state index in [-0.39, 0.29) is 17.8 Å². The molecule has 21 heavy (non-hydrogen) atoms. The van der Waals surface area contributed by atoms with E-state index in [4.69, 9.17) is 0 Å². The normalized spacial score (nSPS) is 19.5. The predicted octanol–water partition coefficient (Wildman–Crippen LogP) is 1.42. The van der Waals surface area contributed by atoms with E-state index in [0.717, 1.165) is 25.1 Å². The Labute approximate surface area is 127 Å². The Bertz CT molecular complexity index is 525. The van der Waals surface area contributed by atoms with Gasteiger partial charge in [-0.2, -0.15) is 4.31 Å². The lowest BCUT2D eigenvalue weighted by Gasteiger charge is -2.28. The van der Waals surface area contributed by atoms with Gasteiger partial charge in [0.05, 0.1) is 5.75 Å². The van der Waals surface area contributed by atoms with Gasteiger partial charge in [-0.05, 0) is 45.4 Å². The van der Waals surface area contributed by atoms with Crippen LogP contribution in [-0.2, 0) is 16.4 Å². The molecule has 1 unspecified atom stereocenters. The van der Waals surface area contributed by atoms with Crippen LogP contribution in [-0.4, -0.2) is 48.6 Å². The minimum absolute atomic E-state index is 0.0128. The van der Waals surface area contributed by atoms with Crippen molar-refractivity contribution in [2.24, 2.45) is 0 Å². The van der Waals surface area contributed by atoms with Gasteiger partial charge in [0.15, 0.2) is 0 Å². The molecule has 1 aromatic heterocycles. The lowest BCUT2D eigenvalue weighted by molar-refractivity contribution is 0.322. The summed E-state index contributed by atoms with van der Waals surface area (Å²) in [6, 6.07) is 5.87. The first kappa shape index (κ1) is 16.4. The molecule has 118 valence electrons. The molecule has 5 nitrogen and oxygen atoms in total. The lowest BCUT2D eigenvalue weighted by atomic mass is 10.2. The summed E-state index contributed by atoms with van der Waals surface area (Å²) in [6.45, 7) is 5.44. The van der Waals surface area contributed by atoms with Gasteiger partial charge in [-0.15, -0.1) is 0 Å². The zero-order valence-corrected chi connectivity index (χ0v) is 13.6. The average molecular weight is 311 g/mol. The number of hydrogen-bond donors (Lipinski definition) is 1. The molecule has 1 N–H and O–H groups in total. The molecular weight excluding hydrogens is 286 g/mol. The van der Waals surface area contributed by atoms with E-state index in [1.165, 1.54) is 0 Å². The van der Waals surface area contributed by atoms with Crippen LogP contribution < -0.4 is 5.32 Å². The van der Waals surface area contributed by atoms with Crippen molar-refractivity contribution >= 4 is 10.0 Å². The molecule has 1 aromatic rings. The van der Waals surface area contributed by atoms with Gasteiger partial charge in [0.25, 0.3) is 0 Å². The highest BCUT2D eigenvalue weighted by molar-refractivity contribution is 7.89. The van der Waals surface area contributed by atoms with E-state index in [1.807, 2.05) is 32.0 Å². The van der Waals surface area contributed by atoms with Gasteiger partial charge in [0.1, 0.15) is 0 Å². The van der Waals surface area contributed by atoms with Crippen LogP contribution in [0.3, 0.4) is 0 Å². The largest absolute Gasteiger partial charge is 0.313 e. The van der Waals surface area contributed by atoms with Crippen LogP contribution in [0.4, 0.5) is 0 Å². The molecule has 1 aliphatic rings. The summed E-state index contributed by atoms with van der Waals surface area (Å²) in [4.78, 5) is 4.19. The molecule has 2 rings (SSSR count). The van der Waals surface area contributed by atoms with Crippen LogP contribution in [0, 0.1) is 0 Å². The number of aromatic nitrogens is 1. The summed E-state index contributed by atoms with van der Waals surface area (Å²) in [7, 11) is -3.25. The number of nitrogens with zero attached hydrogens (tertiary/aromatic N) is 2. The first-order valence-electron chi connectivity index (χ1n) is 7.62. The number of sulfonamides is 1. The van der Waals surface area contributed by atoms with Crippen molar-refractivity contribution in [2.75, 3.05) is 18.8 Å². The first-order valence-corrected chi connectivity index (χ1v) is 9.23. The van der Waals surface area contributed by atoms with Crippen molar-refractivity contribution in [3.63, 3.8) is 0 Å². The van der Waals surface area contributed by atoms with Crippen molar-refractivity contribution in [3.8, 4) is 0 Å². The van der Waals surface area contributed by atoms with Gasteiger partial charge >= 0.3 is 0 Å². The number of hydrogen-bond acceptors (Lipinski definition) is 4. The maximum Gasteiger partial charge on any atom is 0.214 e. The van der Waals surface area contributed by atoms with Gasteiger partial charge in [0, 0.05) is 36.9 Å². The number of rotatable bonds is 7. The molecule has 6 heteroatoms. The Morgan fingerprint density at radius 1 is 1.43 bits per heavy atom. The van der Waals surface area contributed by atoms with E-state index in [0.29, 0.717) is 13.0 Å². The minimum Gasteiger partial charge on any atom is -0.313 e. The highest BCUT2D eigenvalue weighted by Gasteiger charge is 2.28. The molecule has 2 heterocycles. The highest BCUT2D eigenvalue weighted by atomic mass is 32.2. The minimum atomic E-state index is -3.25. The number of aryl methyl sites for hydroxylation is 1. The molecule has 1 saturated heterocycles. The van der Waals surface area contributed by atoms with Crippen molar-refractivity contribution in [3.05, 3.63) is 30.1 Å². The van der Waals surface area contributed by atoms with Crippen LogP contribution in [0.5, 0.6) is 0 Å². The van der Waals surface area contributed by atoms with Gasteiger partial charge in [-0.3, -0.25) is 4.98 Å². The van der Waals surface area contributed by atoms with Crippen molar-refractivity contribution in [1.29, 1.82) is 0 Å². The van der Waals surface area contributed by atoms with Gasteiger partial charge < -0.3 is 5.32 Å². The van der Waals surface area contributed by atoms with E-state index >= 15 is 0 Å². The highest BCUT2D eigenvalue weighted by Crippen LogP contribution is 2.14. The second-order valence-corrected chi connectivity index (χ2v) is 7.88. The Hall–Kier alpha value is -0.980. The van der Waals surface area contributed by atoms with Gasteiger partial charge in [0.2, 0.25) is 10.0 Å². The summed E-state index contributed by atoms with van der Waals surface area (Å²) in [5, 5.41) is 3.37. The summed E-state index contributed by atoms with van der Waals surface area (Å²) in [6.07, 6.45) is 4.35. The number of pyridine rings is 1. The Kier molecular flexibility index (Phi) is 5.72. The van der Waals surface area contributed by atoms with Crippen LogP contribution >= 0.6 is 0 Å². The van der Waals surface area contributed by atoms with Crippen LogP contribution in [0.15, 0.2) is 24.4 Å². The monoisotopic (exact) mass is 311 g/mol. The zero-order chi connectivity index (χ0) is 15.3. The summed E-state index contributed by atoms with van der Waals surface area (Å²) in [5.41, 5.74) is 0.823. The van der Waals surface area contributed by atoms with Crippen LogP contribution in [0.2, 0.25) is 0 Å². The third kappa shape index (κ3) is 4.76. The molecule has 0 amide bonds. The second kappa shape index (κ2) is 7.33. The smallest absolute Gasteiger partial charge is 0.214 e. The van der Waals surface area contributed by atoms with Crippen molar-refractivity contribution in [2.45, 2.75) is 45.2 Å². The maximum atomic E-state index is 12.6. The third-order valence-corrected chi connectivity index (χ3v) is 5.84. The lowest BCUT2D eigenvalue weighted by Crippen LogP contribution is -2.45. The first-order chi connectivity index (χ1) is 9.99. The molecule has 1 aliphatic heterocycles. The molecule has 0 bridgehead atoms. The topological polar surface area (TPSA) is 62.3 Å². The molecule has 0 radical (unpaired) electrons. The van der Waals surface area contributed by atoms with Crippen LogP contribution in [0.25, 0.3) is 0 Å². The molecular formula is C15H25N3O2S. The molecule has 0 saturated carbocycles. The van der Waals surface area contributed by atoms with Crippen molar-refractivity contribution < 1.29 is 8.42 Å². The fourth-order valence-corrected chi connectivity index (χ4v) is 4.42. The maximum absolute atomic E-state index is 12.6. The standard InChI is InChI=1S/C15H25N3O2S/c1-13(2)18(12-15-7-5-10-17-15)21(19,20)11-8-14-6-3-4-9-16-14/h3-4,6,9,13,15,17H,5,7-8,10-12H2,1-2H3. The molecule has 0 aliphatic carbocycles. The van der Waals surface area contributed by atoms with Crippen molar-refractivity contribution in [1.82, 2.24) is 14.6 Å². The van der Waals surface area contributed by atoms with Crippen LogP contribution in [0.1, 0.15) is 32.4 Å².